The van der Waals surface area contributed by atoms with Gasteiger partial charge in [-0.1, -0.05) is 13.8 Å². The molecule has 0 saturated heterocycles. The monoisotopic (exact) mass is 259 g/mol. The topological polar surface area (TPSA) is 41.5 Å². The second kappa shape index (κ2) is 6.66. The fraction of sp³-hybridized carbons (Fsp3) is 0.538. The lowest BCUT2D eigenvalue weighted by molar-refractivity contribution is 0.0666. The third-order valence-electron chi connectivity index (χ3n) is 2.61. The van der Waals surface area contributed by atoms with Gasteiger partial charge in [-0.15, -0.1) is 0 Å². The summed E-state index contributed by atoms with van der Waals surface area (Å²) in [4.78, 5) is 0. The van der Waals surface area contributed by atoms with Crippen LogP contribution in [0.25, 0.3) is 0 Å². The van der Waals surface area contributed by atoms with Gasteiger partial charge < -0.3 is 15.2 Å². The molecule has 3 nitrogen and oxygen atoms in total. The van der Waals surface area contributed by atoms with Crippen LogP contribution in [0.3, 0.4) is 0 Å². The summed E-state index contributed by atoms with van der Waals surface area (Å²) in [5.41, 5.74) is 0.504. The first-order valence-electron chi connectivity index (χ1n) is 5.89. The van der Waals surface area contributed by atoms with Crippen LogP contribution < -0.4 is 10.1 Å². The van der Waals surface area contributed by atoms with Crippen LogP contribution in [-0.2, 0) is 6.54 Å². The van der Waals surface area contributed by atoms with Crippen molar-refractivity contribution in [2.75, 3.05) is 13.7 Å². The summed E-state index contributed by atoms with van der Waals surface area (Å²) in [6.45, 7) is 3.85. The maximum absolute atomic E-state index is 13.6. The highest BCUT2D eigenvalue weighted by atomic mass is 19.1. The Morgan fingerprint density at radius 1 is 1.28 bits per heavy atom. The lowest BCUT2D eigenvalue weighted by Gasteiger charge is -2.16. The van der Waals surface area contributed by atoms with Gasteiger partial charge in [-0.25, -0.2) is 8.78 Å². The van der Waals surface area contributed by atoms with Crippen molar-refractivity contribution < 1.29 is 18.6 Å². The SMILES string of the molecule is CNCc1cc(F)c(OCC(O)C(C)C)c(F)c1. The smallest absolute Gasteiger partial charge is 0.190 e. The predicted molar refractivity (Wildman–Crippen MR) is 65.5 cm³/mol. The Hall–Kier alpha value is -1.20. The molecule has 18 heavy (non-hydrogen) atoms. The molecule has 1 aromatic rings. The maximum atomic E-state index is 13.6. The third-order valence-corrected chi connectivity index (χ3v) is 2.61. The van der Waals surface area contributed by atoms with E-state index in [1.54, 1.807) is 20.9 Å². The van der Waals surface area contributed by atoms with Crippen LogP contribution in [0.1, 0.15) is 19.4 Å². The summed E-state index contributed by atoms with van der Waals surface area (Å²) in [6, 6.07) is 2.44. The highest BCUT2D eigenvalue weighted by Crippen LogP contribution is 2.23. The maximum Gasteiger partial charge on any atom is 0.190 e. The number of hydrogen-bond donors (Lipinski definition) is 2. The van der Waals surface area contributed by atoms with Crippen LogP contribution in [0.15, 0.2) is 12.1 Å². The van der Waals surface area contributed by atoms with Crippen molar-refractivity contribution in [1.82, 2.24) is 5.32 Å². The summed E-state index contributed by atoms with van der Waals surface area (Å²) < 4.78 is 32.2. The van der Waals surface area contributed by atoms with E-state index in [0.29, 0.717) is 12.1 Å². The highest BCUT2D eigenvalue weighted by molar-refractivity contribution is 5.31. The van der Waals surface area contributed by atoms with E-state index in [9.17, 15) is 13.9 Å². The lowest BCUT2D eigenvalue weighted by atomic mass is 10.1. The second-order valence-corrected chi connectivity index (χ2v) is 4.54. The number of aliphatic hydroxyl groups is 1. The summed E-state index contributed by atoms with van der Waals surface area (Å²) >= 11 is 0. The van der Waals surface area contributed by atoms with Crippen molar-refractivity contribution in [3.05, 3.63) is 29.3 Å². The Morgan fingerprint density at radius 3 is 2.28 bits per heavy atom. The average Bonchev–Trinajstić information content (AvgIpc) is 2.27. The molecule has 0 aliphatic rings. The summed E-state index contributed by atoms with van der Waals surface area (Å²) in [6.07, 6.45) is -0.749. The molecule has 0 heterocycles. The van der Waals surface area contributed by atoms with Gasteiger partial charge in [-0.05, 0) is 30.7 Å². The number of nitrogens with one attached hydrogen (secondary N) is 1. The molecule has 0 radical (unpaired) electrons. The highest BCUT2D eigenvalue weighted by Gasteiger charge is 2.16. The van der Waals surface area contributed by atoms with E-state index >= 15 is 0 Å². The van der Waals surface area contributed by atoms with E-state index in [4.69, 9.17) is 4.74 Å². The molecule has 0 amide bonds. The van der Waals surface area contributed by atoms with Crippen LogP contribution in [0.5, 0.6) is 5.75 Å². The summed E-state index contributed by atoms with van der Waals surface area (Å²) in [5.74, 6) is -1.97. The molecule has 0 bridgehead atoms. The minimum atomic E-state index is -0.754. The molecule has 1 aromatic carbocycles. The van der Waals surface area contributed by atoms with Gasteiger partial charge in [0, 0.05) is 6.54 Å². The zero-order chi connectivity index (χ0) is 13.7. The van der Waals surface area contributed by atoms with E-state index in [1.807, 2.05) is 0 Å². The first-order chi connectivity index (χ1) is 8.45. The third kappa shape index (κ3) is 3.92. The van der Waals surface area contributed by atoms with Crippen molar-refractivity contribution in [3.8, 4) is 5.75 Å². The molecule has 102 valence electrons. The van der Waals surface area contributed by atoms with Crippen molar-refractivity contribution >= 4 is 0 Å². The van der Waals surface area contributed by atoms with Crippen LogP contribution in [-0.4, -0.2) is 24.9 Å². The average molecular weight is 259 g/mol. The quantitative estimate of drug-likeness (QED) is 0.822. The van der Waals surface area contributed by atoms with Crippen LogP contribution >= 0.6 is 0 Å². The Morgan fingerprint density at radius 2 is 1.83 bits per heavy atom. The molecule has 5 heteroatoms. The molecule has 0 spiro atoms. The molecule has 1 atom stereocenters. The summed E-state index contributed by atoms with van der Waals surface area (Å²) in [7, 11) is 1.69. The number of rotatable bonds is 6. The van der Waals surface area contributed by atoms with Crippen LogP contribution in [0.4, 0.5) is 8.78 Å². The normalized spacial score (nSPS) is 12.8. The van der Waals surface area contributed by atoms with Crippen LogP contribution in [0, 0.1) is 17.6 Å². The zero-order valence-corrected chi connectivity index (χ0v) is 10.8. The second-order valence-electron chi connectivity index (χ2n) is 4.54. The Balaban J connectivity index is 2.77. The molecular weight excluding hydrogens is 240 g/mol. The standard InChI is InChI=1S/C13H19F2NO2/c1-8(2)12(17)7-18-13-10(14)4-9(6-16-3)5-11(13)15/h4-5,8,12,16-17H,6-7H2,1-3H3. The van der Waals surface area contributed by atoms with Crippen molar-refractivity contribution in [2.45, 2.75) is 26.5 Å². The number of ether oxygens (including phenoxy) is 1. The van der Waals surface area contributed by atoms with Gasteiger partial charge in [0.25, 0.3) is 0 Å². The molecular formula is C13H19F2NO2. The number of benzene rings is 1. The zero-order valence-electron chi connectivity index (χ0n) is 10.8. The predicted octanol–water partition coefficient (Wildman–Crippen LogP) is 2.08. The van der Waals surface area contributed by atoms with Gasteiger partial charge in [0.2, 0.25) is 0 Å². The van der Waals surface area contributed by atoms with Crippen LogP contribution in [0.2, 0.25) is 0 Å². The lowest BCUT2D eigenvalue weighted by Crippen LogP contribution is -2.24. The largest absolute Gasteiger partial charge is 0.485 e. The first-order valence-corrected chi connectivity index (χ1v) is 5.89. The minimum absolute atomic E-state index is 0.0281. The van der Waals surface area contributed by atoms with E-state index in [0.717, 1.165) is 0 Å². The van der Waals surface area contributed by atoms with Gasteiger partial charge in [0.1, 0.15) is 6.61 Å². The van der Waals surface area contributed by atoms with Gasteiger partial charge in [-0.2, -0.15) is 0 Å². The molecule has 0 aliphatic heterocycles. The molecule has 0 aromatic heterocycles. The molecule has 1 rings (SSSR count). The van der Waals surface area contributed by atoms with Gasteiger partial charge >= 0.3 is 0 Å². The number of halogens is 2. The summed E-state index contributed by atoms with van der Waals surface area (Å²) in [5, 5.41) is 12.3. The molecule has 0 fully saturated rings. The van der Waals surface area contributed by atoms with Gasteiger partial charge in [0.05, 0.1) is 6.10 Å². The first kappa shape index (κ1) is 14.9. The molecule has 0 saturated carbocycles. The Bertz CT molecular complexity index is 374. The molecule has 0 aliphatic carbocycles. The van der Waals surface area contributed by atoms with Gasteiger partial charge in [-0.3, -0.25) is 0 Å². The minimum Gasteiger partial charge on any atom is -0.485 e. The van der Waals surface area contributed by atoms with Gasteiger partial charge in [0.15, 0.2) is 17.4 Å². The fourth-order valence-corrected chi connectivity index (χ4v) is 1.42. The van der Waals surface area contributed by atoms with Crippen molar-refractivity contribution in [3.63, 3.8) is 0 Å². The Kier molecular flexibility index (Phi) is 5.50. The number of hydrogen-bond acceptors (Lipinski definition) is 3. The molecule has 2 N–H and O–H groups in total. The van der Waals surface area contributed by atoms with E-state index in [1.165, 1.54) is 12.1 Å². The molecule has 1 unspecified atom stereocenters. The number of aliphatic hydroxyl groups excluding tert-OH is 1. The van der Waals surface area contributed by atoms with E-state index in [-0.39, 0.29) is 12.5 Å². The Labute approximate surface area is 106 Å². The van der Waals surface area contributed by atoms with Crippen molar-refractivity contribution in [1.29, 1.82) is 0 Å². The van der Waals surface area contributed by atoms with E-state index in [2.05, 4.69) is 5.32 Å². The fourth-order valence-electron chi connectivity index (χ4n) is 1.42. The van der Waals surface area contributed by atoms with Crippen molar-refractivity contribution in [2.24, 2.45) is 5.92 Å². The van der Waals surface area contributed by atoms with E-state index < -0.39 is 23.5 Å².